The SMILES string of the molecule is O=C(Nc1ccc2cnccc2c1F)[C@@H]1CC1c1ccc(S(=O)(=O)Nc2cccnc2)cc1. The Hall–Kier alpha value is -3.85. The molecular weight excluding hydrogens is 443 g/mol. The summed E-state index contributed by atoms with van der Waals surface area (Å²) in [4.78, 5) is 20.7. The second-order valence-corrected chi connectivity index (χ2v) is 9.56. The zero-order valence-electron chi connectivity index (χ0n) is 17.3. The molecule has 4 aromatic rings. The van der Waals surface area contributed by atoms with Crippen molar-refractivity contribution in [3.05, 3.63) is 90.8 Å². The molecule has 0 spiro atoms. The van der Waals surface area contributed by atoms with E-state index in [1.165, 1.54) is 30.6 Å². The number of fused-ring (bicyclic) bond motifs is 1. The van der Waals surface area contributed by atoms with Crippen LogP contribution in [0.2, 0.25) is 0 Å². The van der Waals surface area contributed by atoms with E-state index in [4.69, 9.17) is 0 Å². The maximum Gasteiger partial charge on any atom is 0.261 e. The molecule has 7 nitrogen and oxygen atoms in total. The molecule has 33 heavy (non-hydrogen) atoms. The minimum Gasteiger partial charge on any atom is -0.323 e. The molecule has 0 saturated heterocycles. The third-order valence-corrected chi connectivity index (χ3v) is 7.07. The summed E-state index contributed by atoms with van der Waals surface area (Å²) in [6, 6.07) is 14.5. The lowest BCUT2D eigenvalue weighted by atomic mass is 10.1. The van der Waals surface area contributed by atoms with Crippen LogP contribution in [0.1, 0.15) is 17.9 Å². The zero-order valence-corrected chi connectivity index (χ0v) is 18.1. The summed E-state index contributed by atoms with van der Waals surface area (Å²) < 4.78 is 42.3. The van der Waals surface area contributed by atoms with Gasteiger partial charge in [0.15, 0.2) is 5.82 Å². The fourth-order valence-electron chi connectivity index (χ4n) is 3.84. The van der Waals surface area contributed by atoms with E-state index >= 15 is 0 Å². The first-order chi connectivity index (χ1) is 15.9. The van der Waals surface area contributed by atoms with E-state index in [0.717, 1.165) is 5.56 Å². The van der Waals surface area contributed by atoms with E-state index in [1.54, 1.807) is 48.8 Å². The molecule has 5 rings (SSSR count). The summed E-state index contributed by atoms with van der Waals surface area (Å²) in [5.74, 6) is -1.09. The molecule has 1 unspecified atom stereocenters. The molecule has 2 aromatic carbocycles. The van der Waals surface area contributed by atoms with Crippen LogP contribution in [0.3, 0.4) is 0 Å². The Labute approximate surface area is 189 Å². The summed E-state index contributed by atoms with van der Waals surface area (Å²) in [7, 11) is -3.74. The third-order valence-electron chi connectivity index (χ3n) is 5.67. The number of rotatable bonds is 6. The van der Waals surface area contributed by atoms with Gasteiger partial charge in [-0.05, 0) is 54.3 Å². The predicted molar refractivity (Wildman–Crippen MR) is 123 cm³/mol. The lowest BCUT2D eigenvalue weighted by Crippen LogP contribution is -2.15. The van der Waals surface area contributed by atoms with E-state index in [1.807, 2.05) is 0 Å². The van der Waals surface area contributed by atoms with Gasteiger partial charge in [-0.2, -0.15) is 0 Å². The van der Waals surface area contributed by atoms with Crippen molar-refractivity contribution >= 4 is 38.1 Å². The second-order valence-electron chi connectivity index (χ2n) is 7.88. The highest BCUT2D eigenvalue weighted by Crippen LogP contribution is 2.48. The first-order valence-electron chi connectivity index (χ1n) is 10.3. The van der Waals surface area contributed by atoms with Gasteiger partial charge in [-0.15, -0.1) is 0 Å². The van der Waals surface area contributed by atoms with Gasteiger partial charge in [0.1, 0.15) is 0 Å². The quantitative estimate of drug-likeness (QED) is 0.445. The Kier molecular flexibility index (Phi) is 5.26. The number of amides is 1. The fraction of sp³-hybridized carbons (Fsp3) is 0.125. The number of benzene rings is 2. The number of sulfonamides is 1. The van der Waals surface area contributed by atoms with E-state index in [2.05, 4.69) is 20.0 Å². The van der Waals surface area contributed by atoms with Crippen LogP contribution < -0.4 is 10.0 Å². The molecule has 1 aliphatic carbocycles. The smallest absolute Gasteiger partial charge is 0.261 e. The molecule has 2 N–H and O–H groups in total. The van der Waals surface area contributed by atoms with Gasteiger partial charge < -0.3 is 5.32 Å². The molecule has 2 atom stereocenters. The highest BCUT2D eigenvalue weighted by atomic mass is 32.2. The normalized spacial score (nSPS) is 17.5. The Morgan fingerprint density at radius 1 is 0.970 bits per heavy atom. The number of nitrogens with one attached hydrogen (secondary N) is 2. The number of halogens is 1. The molecule has 0 aliphatic heterocycles. The number of carbonyl (C=O) groups is 1. The topological polar surface area (TPSA) is 101 Å². The van der Waals surface area contributed by atoms with Crippen LogP contribution in [-0.2, 0) is 14.8 Å². The van der Waals surface area contributed by atoms with Crippen LogP contribution in [0.15, 0.2) is 84.3 Å². The molecule has 1 amide bonds. The molecule has 0 bridgehead atoms. The monoisotopic (exact) mass is 462 g/mol. The minimum atomic E-state index is -3.74. The average Bonchev–Trinajstić information content (AvgIpc) is 3.63. The number of aromatic nitrogens is 2. The van der Waals surface area contributed by atoms with Crippen LogP contribution >= 0.6 is 0 Å². The van der Waals surface area contributed by atoms with Crippen LogP contribution in [-0.4, -0.2) is 24.3 Å². The van der Waals surface area contributed by atoms with Crippen molar-refractivity contribution in [3.63, 3.8) is 0 Å². The molecule has 0 radical (unpaired) electrons. The second kappa shape index (κ2) is 8.25. The number of nitrogens with zero attached hydrogens (tertiary/aromatic N) is 2. The zero-order chi connectivity index (χ0) is 23.0. The van der Waals surface area contributed by atoms with E-state index in [0.29, 0.717) is 22.9 Å². The molecule has 2 aromatic heterocycles. The highest BCUT2D eigenvalue weighted by molar-refractivity contribution is 7.92. The molecule has 1 aliphatic rings. The van der Waals surface area contributed by atoms with Crippen LogP contribution in [0.4, 0.5) is 15.8 Å². The van der Waals surface area contributed by atoms with E-state index in [9.17, 15) is 17.6 Å². The van der Waals surface area contributed by atoms with Gasteiger partial charge in [-0.25, -0.2) is 12.8 Å². The van der Waals surface area contributed by atoms with Crippen molar-refractivity contribution < 1.29 is 17.6 Å². The van der Waals surface area contributed by atoms with Gasteiger partial charge in [-0.1, -0.05) is 18.2 Å². The molecule has 1 fully saturated rings. The highest BCUT2D eigenvalue weighted by Gasteiger charge is 2.44. The van der Waals surface area contributed by atoms with Crippen molar-refractivity contribution in [3.8, 4) is 0 Å². The maximum absolute atomic E-state index is 14.7. The van der Waals surface area contributed by atoms with Crippen molar-refractivity contribution in [1.29, 1.82) is 0 Å². The number of carbonyl (C=O) groups excluding carboxylic acids is 1. The van der Waals surface area contributed by atoms with Gasteiger partial charge in [0.2, 0.25) is 5.91 Å². The Bertz CT molecular complexity index is 1440. The lowest BCUT2D eigenvalue weighted by Gasteiger charge is -2.09. The van der Waals surface area contributed by atoms with Gasteiger partial charge >= 0.3 is 0 Å². The molecular formula is C24H19FN4O3S. The first-order valence-corrected chi connectivity index (χ1v) is 11.8. The van der Waals surface area contributed by atoms with Crippen LogP contribution in [0, 0.1) is 11.7 Å². The first kappa shape index (κ1) is 21.0. The average molecular weight is 463 g/mol. The standard InChI is InChI=1S/C24H19FN4O3S/c25-23-19-9-11-27-13-16(19)5-8-22(23)28-24(30)21-12-20(21)15-3-6-18(7-4-15)33(31,32)29-17-2-1-10-26-14-17/h1-11,13-14,20-21,29H,12H2,(H,28,30)/t20?,21-/m1/s1. The van der Waals surface area contributed by atoms with Crippen LogP contribution in [0.25, 0.3) is 10.8 Å². The minimum absolute atomic E-state index is 0.0410. The molecule has 9 heteroatoms. The predicted octanol–water partition coefficient (Wildman–Crippen LogP) is 4.31. The van der Waals surface area contributed by atoms with Crippen LogP contribution in [0.5, 0.6) is 0 Å². The third kappa shape index (κ3) is 4.27. The Balaban J connectivity index is 1.26. The van der Waals surface area contributed by atoms with Crippen molar-refractivity contribution in [1.82, 2.24) is 9.97 Å². The lowest BCUT2D eigenvalue weighted by molar-refractivity contribution is -0.117. The summed E-state index contributed by atoms with van der Waals surface area (Å²) >= 11 is 0. The Morgan fingerprint density at radius 2 is 1.76 bits per heavy atom. The maximum atomic E-state index is 14.7. The molecule has 166 valence electrons. The van der Waals surface area contributed by atoms with Crippen molar-refractivity contribution in [2.45, 2.75) is 17.2 Å². The van der Waals surface area contributed by atoms with E-state index in [-0.39, 0.29) is 28.3 Å². The van der Waals surface area contributed by atoms with Gasteiger partial charge in [0, 0.05) is 35.3 Å². The van der Waals surface area contributed by atoms with Gasteiger partial charge in [0.25, 0.3) is 10.0 Å². The van der Waals surface area contributed by atoms with Crippen molar-refractivity contribution in [2.75, 3.05) is 10.0 Å². The number of pyridine rings is 2. The number of hydrogen-bond acceptors (Lipinski definition) is 5. The molecule has 1 saturated carbocycles. The fourth-order valence-corrected chi connectivity index (χ4v) is 4.88. The number of hydrogen-bond donors (Lipinski definition) is 2. The summed E-state index contributed by atoms with van der Waals surface area (Å²) in [6.07, 6.45) is 6.67. The Morgan fingerprint density at radius 3 is 2.52 bits per heavy atom. The summed E-state index contributed by atoms with van der Waals surface area (Å²) in [6.45, 7) is 0. The summed E-state index contributed by atoms with van der Waals surface area (Å²) in [5, 5.41) is 3.73. The van der Waals surface area contributed by atoms with E-state index < -0.39 is 15.8 Å². The molecule has 2 heterocycles. The van der Waals surface area contributed by atoms with Crippen molar-refractivity contribution in [2.24, 2.45) is 5.92 Å². The number of anilines is 2. The van der Waals surface area contributed by atoms with Gasteiger partial charge in [0.05, 0.1) is 22.5 Å². The summed E-state index contributed by atoms with van der Waals surface area (Å²) in [5.41, 5.74) is 1.37. The van der Waals surface area contributed by atoms with Gasteiger partial charge in [-0.3, -0.25) is 19.5 Å². The largest absolute Gasteiger partial charge is 0.323 e.